The highest BCUT2D eigenvalue weighted by molar-refractivity contribution is 5.83. The summed E-state index contributed by atoms with van der Waals surface area (Å²) in [6.45, 7) is 3.18. The van der Waals surface area contributed by atoms with Crippen molar-refractivity contribution in [2.24, 2.45) is 5.73 Å². The molecule has 86 valence electrons. The van der Waals surface area contributed by atoms with Crippen molar-refractivity contribution < 1.29 is 9.13 Å². The zero-order valence-electron chi connectivity index (χ0n) is 9.03. The lowest BCUT2D eigenvalue weighted by molar-refractivity contribution is 0.288. The van der Waals surface area contributed by atoms with E-state index in [9.17, 15) is 4.39 Å². The molecule has 0 saturated heterocycles. The van der Waals surface area contributed by atoms with Crippen molar-refractivity contribution in [2.45, 2.75) is 19.1 Å². The number of hydrogen-bond acceptors (Lipinski definition) is 4. The maximum absolute atomic E-state index is 13.6. The Hall–Kier alpha value is -1.49. The number of ether oxygens (including phenoxy) is 1. The third-order valence-electron chi connectivity index (χ3n) is 3.09. The van der Waals surface area contributed by atoms with E-state index in [0.717, 1.165) is 17.9 Å². The van der Waals surface area contributed by atoms with E-state index < -0.39 is 0 Å². The first kappa shape index (κ1) is 9.72. The van der Waals surface area contributed by atoms with Gasteiger partial charge >= 0.3 is 0 Å². The third kappa shape index (κ3) is 1.18. The monoisotopic (exact) mass is 223 g/mol. The highest BCUT2D eigenvalue weighted by atomic mass is 19.1. The van der Waals surface area contributed by atoms with E-state index in [1.807, 2.05) is 6.92 Å². The van der Waals surface area contributed by atoms with E-state index in [0.29, 0.717) is 12.4 Å². The van der Waals surface area contributed by atoms with Gasteiger partial charge in [-0.25, -0.2) is 4.39 Å². The van der Waals surface area contributed by atoms with Crippen LogP contribution in [0, 0.1) is 5.82 Å². The fourth-order valence-corrected chi connectivity index (χ4v) is 2.37. The van der Waals surface area contributed by atoms with Crippen molar-refractivity contribution in [3.63, 3.8) is 0 Å². The van der Waals surface area contributed by atoms with Gasteiger partial charge in [-0.05, 0) is 19.1 Å². The molecule has 0 aliphatic carbocycles. The molecular weight excluding hydrogens is 209 g/mol. The first-order valence-corrected chi connectivity index (χ1v) is 5.42. The van der Waals surface area contributed by atoms with Gasteiger partial charge in [-0.15, -0.1) is 0 Å². The van der Waals surface area contributed by atoms with Crippen molar-refractivity contribution in [3.8, 4) is 5.75 Å². The van der Waals surface area contributed by atoms with Gasteiger partial charge in [0.15, 0.2) is 11.6 Å². The van der Waals surface area contributed by atoms with Gasteiger partial charge in [0.1, 0.15) is 18.5 Å². The molecule has 2 aliphatic heterocycles. The summed E-state index contributed by atoms with van der Waals surface area (Å²) in [6.07, 6.45) is 0.0273. The number of rotatable bonds is 1. The Labute approximate surface area is 93.2 Å². The minimum absolute atomic E-state index is 0.0265. The molecule has 0 aromatic heterocycles. The highest BCUT2D eigenvalue weighted by Gasteiger charge is 2.37. The van der Waals surface area contributed by atoms with E-state index in [4.69, 9.17) is 10.5 Å². The molecule has 4 nitrogen and oxygen atoms in total. The van der Waals surface area contributed by atoms with Gasteiger partial charge in [0.25, 0.3) is 0 Å². The van der Waals surface area contributed by atoms with E-state index in [2.05, 4.69) is 10.2 Å². The minimum Gasteiger partial charge on any atom is -0.486 e. The average molecular weight is 223 g/mol. The molecule has 16 heavy (non-hydrogen) atoms. The second-order valence-electron chi connectivity index (χ2n) is 4.26. The SMILES string of the molecule is CC(N)C1Nc2ccc(F)c3c2N1CCO3. The summed E-state index contributed by atoms with van der Waals surface area (Å²) in [5.74, 6) is 0.0370. The van der Waals surface area contributed by atoms with Crippen LogP contribution in [-0.2, 0) is 0 Å². The molecule has 2 unspecified atom stereocenters. The van der Waals surface area contributed by atoms with Crippen molar-refractivity contribution in [2.75, 3.05) is 23.4 Å². The van der Waals surface area contributed by atoms with E-state index >= 15 is 0 Å². The Morgan fingerprint density at radius 3 is 3.19 bits per heavy atom. The largest absolute Gasteiger partial charge is 0.486 e. The number of halogens is 1. The number of hydrogen-bond donors (Lipinski definition) is 2. The summed E-state index contributed by atoms with van der Waals surface area (Å²) in [4.78, 5) is 2.09. The van der Waals surface area contributed by atoms with Crippen molar-refractivity contribution in [1.82, 2.24) is 0 Å². The molecule has 0 saturated carbocycles. The van der Waals surface area contributed by atoms with Gasteiger partial charge in [0, 0.05) is 6.04 Å². The number of nitrogens with two attached hydrogens (primary N) is 1. The highest BCUT2D eigenvalue weighted by Crippen LogP contribution is 2.45. The summed E-state index contributed by atoms with van der Waals surface area (Å²) in [7, 11) is 0. The molecule has 1 aromatic rings. The second kappa shape index (κ2) is 3.25. The standard InChI is InChI=1S/C11H14FN3O/c1-6(13)11-14-8-3-2-7(12)10-9(8)15(11)4-5-16-10/h2-3,6,11,14H,4-5,13H2,1H3. The molecular formula is C11H14FN3O. The van der Waals surface area contributed by atoms with Crippen molar-refractivity contribution >= 4 is 11.4 Å². The van der Waals surface area contributed by atoms with Gasteiger partial charge in [-0.2, -0.15) is 0 Å². The lowest BCUT2D eigenvalue weighted by Gasteiger charge is -2.33. The first-order chi connectivity index (χ1) is 7.68. The summed E-state index contributed by atoms with van der Waals surface area (Å²) < 4.78 is 18.9. The Morgan fingerprint density at radius 2 is 2.44 bits per heavy atom. The lowest BCUT2D eigenvalue weighted by Crippen LogP contribution is -2.50. The van der Waals surface area contributed by atoms with Crippen LogP contribution >= 0.6 is 0 Å². The van der Waals surface area contributed by atoms with Crippen LogP contribution in [-0.4, -0.2) is 25.4 Å². The molecule has 0 spiro atoms. The maximum Gasteiger partial charge on any atom is 0.180 e. The third-order valence-corrected chi connectivity index (χ3v) is 3.09. The number of nitrogens with one attached hydrogen (secondary N) is 1. The Kier molecular flexibility index (Phi) is 1.97. The van der Waals surface area contributed by atoms with Gasteiger partial charge in [0.05, 0.1) is 12.2 Å². The van der Waals surface area contributed by atoms with Gasteiger partial charge in [-0.1, -0.05) is 0 Å². The van der Waals surface area contributed by atoms with E-state index in [1.165, 1.54) is 6.07 Å². The van der Waals surface area contributed by atoms with E-state index in [-0.39, 0.29) is 18.0 Å². The average Bonchev–Trinajstić information content (AvgIpc) is 2.64. The quantitative estimate of drug-likeness (QED) is 0.749. The van der Waals surface area contributed by atoms with Crippen LogP contribution < -0.4 is 20.7 Å². The predicted octanol–water partition coefficient (Wildman–Crippen LogP) is 1.12. The van der Waals surface area contributed by atoms with Crippen LogP contribution in [0.2, 0.25) is 0 Å². The summed E-state index contributed by atoms with van der Waals surface area (Å²) in [5.41, 5.74) is 7.63. The fourth-order valence-electron chi connectivity index (χ4n) is 2.37. The molecule has 0 fully saturated rings. The molecule has 0 amide bonds. The lowest BCUT2D eigenvalue weighted by atomic mass is 10.2. The van der Waals surface area contributed by atoms with Crippen LogP contribution in [0.3, 0.4) is 0 Å². The Bertz CT molecular complexity index is 435. The number of nitrogens with zero attached hydrogens (tertiary/aromatic N) is 1. The second-order valence-corrected chi connectivity index (χ2v) is 4.26. The van der Waals surface area contributed by atoms with Crippen molar-refractivity contribution in [1.29, 1.82) is 0 Å². The van der Waals surface area contributed by atoms with Gasteiger partial charge in [-0.3, -0.25) is 0 Å². The summed E-state index contributed by atoms with van der Waals surface area (Å²) >= 11 is 0. The zero-order chi connectivity index (χ0) is 11.3. The number of anilines is 2. The minimum atomic E-state index is -0.310. The summed E-state index contributed by atoms with van der Waals surface area (Å²) in [6, 6.07) is 3.13. The van der Waals surface area contributed by atoms with Crippen LogP contribution in [0.1, 0.15) is 6.92 Å². The summed E-state index contributed by atoms with van der Waals surface area (Å²) in [5, 5.41) is 3.30. The molecule has 2 atom stereocenters. The normalized spacial score (nSPS) is 23.4. The number of benzene rings is 1. The van der Waals surface area contributed by atoms with E-state index in [1.54, 1.807) is 6.07 Å². The van der Waals surface area contributed by atoms with Crippen LogP contribution in [0.4, 0.5) is 15.8 Å². The molecule has 2 heterocycles. The maximum atomic E-state index is 13.6. The van der Waals surface area contributed by atoms with Crippen LogP contribution in [0.25, 0.3) is 0 Å². The smallest absolute Gasteiger partial charge is 0.180 e. The molecule has 5 heteroatoms. The van der Waals surface area contributed by atoms with Gasteiger partial charge in [0.2, 0.25) is 0 Å². The van der Waals surface area contributed by atoms with Crippen molar-refractivity contribution in [3.05, 3.63) is 17.9 Å². The van der Waals surface area contributed by atoms with Crippen LogP contribution in [0.15, 0.2) is 12.1 Å². The molecule has 1 aromatic carbocycles. The Balaban J connectivity index is 2.12. The first-order valence-electron chi connectivity index (χ1n) is 5.42. The molecule has 3 rings (SSSR count). The zero-order valence-corrected chi connectivity index (χ0v) is 9.03. The van der Waals surface area contributed by atoms with Crippen LogP contribution in [0.5, 0.6) is 5.75 Å². The fraction of sp³-hybridized carbons (Fsp3) is 0.455. The topological polar surface area (TPSA) is 50.5 Å². The molecule has 0 radical (unpaired) electrons. The Morgan fingerprint density at radius 1 is 1.62 bits per heavy atom. The van der Waals surface area contributed by atoms with Gasteiger partial charge < -0.3 is 20.7 Å². The molecule has 2 aliphatic rings. The predicted molar refractivity (Wildman–Crippen MR) is 60.3 cm³/mol. The molecule has 0 bridgehead atoms. The molecule has 3 N–H and O–H groups in total.